The third-order valence-electron chi connectivity index (χ3n) is 2.37. The Balaban J connectivity index is 2.11. The summed E-state index contributed by atoms with van der Waals surface area (Å²) >= 11 is 0. The summed E-state index contributed by atoms with van der Waals surface area (Å²) in [5.41, 5.74) is 0. The largest absolute Gasteiger partial charge is 0.428 e. The topological polar surface area (TPSA) is 85.2 Å². The second-order valence-electron chi connectivity index (χ2n) is 3.54. The second kappa shape index (κ2) is 3.16. The maximum absolute atomic E-state index is 10.7. The van der Waals surface area contributed by atoms with E-state index in [1.807, 2.05) is 0 Å². The summed E-state index contributed by atoms with van der Waals surface area (Å²) in [5.74, 6) is -2.37. The van der Waals surface area contributed by atoms with E-state index in [4.69, 9.17) is 14.2 Å². The van der Waals surface area contributed by atoms with Crippen molar-refractivity contribution < 1.29 is 29.2 Å². The Bertz CT molecular complexity index is 254. The molecule has 2 fully saturated rings. The van der Waals surface area contributed by atoms with Crippen LogP contribution in [0.15, 0.2) is 0 Å². The number of carbonyl (C=O) groups excluding carboxylic acids is 1. The highest BCUT2D eigenvalue weighted by Crippen LogP contribution is 2.34. The zero-order chi connectivity index (χ0) is 10.3. The summed E-state index contributed by atoms with van der Waals surface area (Å²) in [6.07, 6.45) is -2.18. The fourth-order valence-electron chi connectivity index (χ4n) is 1.81. The van der Waals surface area contributed by atoms with Crippen molar-refractivity contribution in [2.24, 2.45) is 0 Å². The Hall–Kier alpha value is -0.690. The van der Waals surface area contributed by atoms with E-state index in [9.17, 15) is 15.0 Å². The highest BCUT2D eigenvalue weighted by atomic mass is 16.7. The molecule has 0 saturated carbocycles. The molecule has 2 aliphatic heterocycles. The van der Waals surface area contributed by atoms with Crippen molar-refractivity contribution in [3.8, 4) is 0 Å². The van der Waals surface area contributed by atoms with E-state index in [1.54, 1.807) is 0 Å². The van der Waals surface area contributed by atoms with Crippen molar-refractivity contribution >= 4 is 5.97 Å². The zero-order valence-corrected chi connectivity index (χ0v) is 7.67. The summed E-state index contributed by atoms with van der Waals surface area (Å²) in [7, 11) is 0. The molecule has 0 spiro atoms. The van der Waals surface area contributed by atoms with Gasteiger partial charge in [0.25, 0.3) is 5.79 Å². The number of hydrogen-bond acceptors (Lipinski definition) is 6. The molecule has 0 radical (unpaired) electrons. The maximum Gasteiger partial charge on any atom is 0.305 e. The predicted octanol–water partition coefficient (Wildman–Crippen LogP) is -1.60. The molecule has 6 nitrogen and oxygen atoms in total. The molecule has 0 bridgehead atoms. The van der Waals surface area contributed by atoms with Crippen LogP contribution in [-0.2, 0) is 19.0 Å². The number of rotatable bonds is 1. The molecule has 2 aliphatic rings. The third-order valence-corrected chi connectivity index (χ3v) is 2.37. The van der Waals surface area contributed by atoms with Gasteiger partial charge in [-0.1, -0.05) is 0 Å². The lowest BCUT2D eigenvalue weighted by Crippen LogP contribution is -2.47. The first-order valence-electron chi connectivity index (χ1n) is 4.36. The van der Waals surface area contributed by atoms with Gasteiger partial charge in [0, 0.05) is 6.92 Å². The zero-order valence-electron chi connectivity index (χ0n) is 7.67. The number of aliphatic hydroxyl groups excluding tert-OH is 1. The van der Waals surface area contributed by atoms with Gasteiger partial charge in [0.2, 0.25) is 0 Å². The van der Waals surface area contributed by atoms with E-state index < -0.39 is 30.1 Å². The second-order valence-corrected chi connectivity index (χ2v) is 3.54. The number of hydrogen-bond donors (Lipinski definition) is 2. The number of esters is 1. The standard InChI is InChI=1S/C8H12O6/c1-4(9)14-8(11)3-13-6-5(10)2-12-7(6)8/h5-7,10-11H,2-3H2,1H3/t5-,6+,7-,8-/m0/s1. The molecule has 2 heterocycles. The normalized spacial score (nSPS) is 46.4. The van der Waals surface area contributed by atoms with Crippen molar-refractivity contribution in [1.29, 1.82) is 0 Å². The SMILES string of the molecule is CC(=O)O[C@@]1(O)CO[C@@H]2[C@@H](O)CO[C@@H]21. The molecule has 0 aromatic heterocycles. The van der Waals surface area contributed by atoms with E-state index in [-0.39, 0.29) is 13.2 Å². The van der Waals surface area contributed by atoms with Crippen molar-refractivity contribution in [3.05, 3.63) is 0 Å². The quantitative estimate of drug-likeness (QED) is 0.395. The number of carbonyl (C=O) groups is 1. The van der Waals surface area contributed by atoms with Crippen LogP contribution in [0, 0.1) is 0 Å². The Morgan fingerprint density at radius 1 is 1.57 bits per heavy atom. The number of ether oxygens (including phenoxy) is 3. The monoisotopic (exact) mass is 204 g/mol. The molecular weight excluding hydrogens is 192 g/mol. The molecule has 2 N–H and O–H groups in total. The lowest BCUT2D eigenvalue weighted by molar-refractivity contribution is -0.236. The van der Waals surface area contributed by atoms with Crippen LogP contribution in [0.4, 0.5) is 0 Å². The molecule has 2 rings (SSSR count). The summed E-state index contributed by atoms with van der Waals surface area (Å²) < 4.78 is 14.9. The first-order chi connectivity index (χ1) is 6.53. The third kappa shape index (κ3) is 1.40. The van der Waals surface area contributed by atoms with Gasteiger partial charge >= 0.3 is 5.97 Å². The van der Waals surface area contributed by atoms with Gasteiger partial charge in [-0.15, -0.1) is 0 Å². The molecule has 14 heavy (non-hydrogen) atoms. The Kier molecular flexibility index (Phi) is 2.23. The van der Waals surface area contributed by atoms with Crippen LogP contribution < -0.4 is 0 Å². The van der Waals surface area contributed by atoms with Crippen LogP contribution >= 0.6 is 0 Å². The summed E-state index contributed by atoms with van der Waals surface area (Å²) in [6.45, 7) is 1.11. The van der Waals surface area contributed by atoms with E-state index in [0.717, 1.165) is 0 Å². The van der Waals surface area contributed by atoms with Gasteiger partial charge in [-0.25, -0.2) is 0 Å². The minimum Gasteiger partial charge on any atom is -0.428 e. The van der Waals surface area contributed by atoms with E-state index in [0.29, 0.717) is 0 Å². The average molecular weight is 204 g/mol. The van der Waals surface area contributed by atoms with Crippen molar-refractivity contribution in [1.82, 2.24) is 0 Å². The Labute approximate surface area is 80.4 Å². The molecule has 4 atom stereocenters. The minimum absolute atomic E-state index is 0.0823. The van der Waals surface area contributed by atoms with Crippen LogP contribution in [-0.4, -0.2) is 53.5 Å². The molecule has 80 valence electrons. The van der Waals surface area contributed by atoms with Gasteiger partial charge < -0.3 is 24.4 Å². The van der Waals surface area contributed by atoms with Crippen LogP contribution in [0.1, 0.15) is 6.92 Å². The molecule has 2 saturated heterocycles. The van der Waals surface area contributed by atoms with Crippen LogP contribution in [0.5, 0.6) is 0 Å². The Morgan fingerprint density at radius 2 is 2.29 bits per heavy atom. The van der Waals surface area contributed by atoms with Crippen LogP contribution in [0.3, 0.4) is 0 Å². The van der Waals surface area contributed by atoms with Crippen LogP contribution in [0.2, 0.25) is 0 Å². The van der Waals surface area contributed by atoms with Gasteiger partial charge in [-0.2, -0.15) is 0 Å². The minimum atomic E-state index is -1.76. The summed E-state index contributed by atoms with van der Waals surface area (Å²) in [4.78, 5) is 10.7. The number of fused-ring (bicyclic) bond motifs is 1. The van der Waals surface area contributed by atoms with Gasteiger partial charge in [-0.3, -0.25) is 4.79 Å². The summed E-state index contributed by atoms with van der Waals surface area (Å²) in [6, 6.07) is 0. The molecular formula is C8H12O6. The van der Waals surface area contributed by atoms with Crippen molar-refractivity contribution in [2.45, 2.75) is 31.0 Å². The molecule has 0 unspecified atom stereocenters. The lowest BCUT2D eigenvalue weighted by Gasteiger charge is -2.25. The van der Waals surface area contributed by atoms with E-state index in [2.05, 4.69) is 0 Å². The molecule has 0 amide bonds. The molecule has 0 aromatic rings. The van der Waals surface area contributed by atoms with Crippen molar-refractivity contribution in [2.75, 3.05) is 13.2 Å². The van der Waals surface area contributed by atoms with Gasteiger partial charge in [0.05, 0.1) is 6.61 Å². The van der Waals surface area contributed by atoms with Crippen molar-refractivity contribution in [3.63, 3.8) is 0 Å². The Morgan fingerprint density at radius 3 is 2.93 bits per heavy atom. The number of aliphatic hydroxyl groups is 2. The maximum atomic E-state index is 10.7. The highest BCUT2D eigenvalue weighted by molar-refractivity contribution is 5.66. The van der Waals surface area contributed by atoms with E-state index in [1.165, 1.54) is 6.92 Å². The predicted molar refractivity (Wildman–Crippen MR) is 42.2 cm³/mol. The molecule has 0 aromatic carbocycles. The average Bonchev–Trinajstić information content (AvgIpc) is 2.55. The van der Waals surface area contributed by atoms with Gasteiger partial charge in [0.15, 0.2) is 6.10 Å². The molecule has 6 heteroatoms. The first-order valence-corrected chi connectivity index (χ1v) is 4.36. The van der Waals surface area contributed by atoms with Gasteiger partial charge in [0.1, 0.15) is 18.8 Å². The fraction of sp³-hybridized carbons (Fsp3) is 0.875. The lowest BCUT2D eigenvalue weighted by atomic mass is 10.1. The highest BCUT2D eigenvalue weighted by Gasteiger charge is 2.58. The summed E-state index contributed by atoms with van der Waals surface area (Å²) in [5, 5.41) is 19.2. The smallest absolute Gasteiger partial charge is 0.305 e. The first kappa shape index (κ1) is 9.85. The van der Waals surface area contributed by atoms with Gasteiger partial charge in [-0.05, 0) is 0 Å². The van der Waals surface area contributed by atoms with E-state index >= 15 is 0 Å². The molecule has 0 aliphatic carbocycles. The fourth-order valence-corrected chi connectivity index (χ4v) is 1.81. The van der Waals surface area contributed by atoms with Crippen LogP contribution in [0.25, 0.3) is 0 Å².